The summed E-state index contributed by atoms with van der Waals surface area (Å²) in [5.74, 6) is 0. The van der Waals surface area contributed by atoms with Crippen LogP contribution >= 0.6 is 0 Å². The summed E-state index contributed by atoms with van der Waals surface area (Å²) in [5.41, 5.74) is 5.44. The Labute approximate surface area is 113 Å². The first-order valence-corrected chi connectivity index (χ1v) is 7.06. The van der Waals surface area contributed by atoms with Crippen molar-refractivity contribution < 1.29 is 0 Å². The largest absolute Gasteiger partial charge is 0.309 e. The Morgan fingerprint density at radius 2 is 2.21 bits per heavy atom. The molecule has 4 heteroatoms. The highest BCUT2D eigenvalue weighted by molar-refractivity contribution is 5.35. The number of hydrogen-bond acceptors (Lipinski definition) is 3. The van der Waals surface area contributed by atoms with Crippen LogP contribution in [0.5, 0.6) is 0 Å². The molecule has 0 spiro atoms. The minimum Gasteiger partial charge on any atom is -0.309 e. The van der Waals surface area contributed by atoms with Gasteiger partial charge in [-0.15, -0.1) is 0 Å². The van der Waals surface area contributed by atoms with Gasteiger partial charge in [0.15, 0.2) is 0 Å². The van der Waals surface area contributed by atoms with Gasteiger partial charge in [0.1, 0.15) is 0 Å². The maximum Gasteiger partial charge on any atom is 0.0997 e. The van der Waals surface area contributed by atoms with Gasteiger partial charge in [0, 0.05) is 0 Å². The molecule has 0 aliphatic heterocycles. The Hall–Kier alpha value is -1.68. The lowest BCUT2D eigenvalue weighted by atomic mass is 9.99. The first-order chi connectivity index (χ1) is 9.36. The van der Waals surface area contributed by atoms with Crippen LogP contribution in [-0.2, 0) is 19.3 Å². The van der Waals surface area contributed by atoms with Crippen LogP contribution in [0.3, 0.4) is 0 Å². The number of nitrogens with zero attached hydrogens (tertiary/aromatic N) is 2. The van der Waals surface area contributed by atoms with Crippen molar-refractivity contribution in [3.8, 4) is 0 Å². The van der Waals surface area contributed by atoms with Gasteiger partial charge >= 0.3 is 0 Å². The average molecular weight is 256 g/mol. The van der Waals surface area contributed by atoms with Crippen LogP contribution in [0.15, 0.2) is 24.4 Å². The fourth-order valence-corrected chi connectivity index (χ4v) is 2.89. The molecule has 1 aromatic heterocycles. The highest BCUT2D eigenvalue weighted by Gasteiger charge is 2.16. The van der Waals surface area contributed by atoms with Gasteiger partial charge < -0.3 is 5.32 Å². The van der Waals surface area contributed by atoms with E-state index in [2.05, 4.69) is 45.9 Å². The molecule has 0 radical (unpaired) electrons. The number of rotatable bonds is 5. The van der Waals surface area contributed by atoms with Crippen molar-refractivity contribution in [1.82, 2.24) is 20.7 Å². The Morgan fingerprint density at radius 3 is 3.00 bits per heavy atom. The number of hydrogen-bond donors (Lipinski definition) is 2. The van der Waals surface area contributed by atoms with Crippen molar-refractivity contribution in [3.05, 3.63) is 46.8 Å². The molecule has 1 unspecified atom stereocenters. The molecule has 0 bridgehead atoms. The topological polar surface area (TPSA) is 53.6 Å². The fourth-order valence-electron chi connectivity index (χ4n) is 2.89. The molecule has 19 heavy (non-hydrogen) atoms. The van der Waals surface area contributed by atoms with E-state index in [1.165, 1.54) is 36.0 Å². The standard InChI is InChI=1S/C15H20N4/c1-2-16-14(15-10-17-19-18-15)9-11-6-7-12-4-3-5-13(12)8-11/h6-8,10,14,16H,2-5,9H2,1H3,(H,17,18,19). The second kappa shape index (κ2) is 5.53. The molecule has 1 atom stereocenters. The molecule has 2 aromatic rings. The van der Waals surface area contributed by atoms with E-state index < -0.39 is 0 Å². The zero-order valence-electron chi connectivity index (χ0n) is 11.3. The van der Waals surface area contributed by atoms with E-state index in [-0.39, 0.29) is 6.04 Å². The Kier molecular flexibility index (Phi) is 3.60. The molecule has 4 nitrogen and oxygen atoms in total. The van der Waals surface area contributed by atoms with Gasteiger partial charge in [-0.1, -0.05) is 25.1 Å². The van der Waals surface area contributed by atoms with Gasteiger partial charge in [0.05, 0.1) is 17.9 Å². The zero-order valence-corrected chi connectivity index (χ0v) is 11.3. The van der Waals surface area contributed by atoms with E-state index in [4.69, 9.17) is 0 Å². The summed E-state index contributed by atoms with van der Waals surface area (Å²) in [7, 11) is 0. The summed E-state index contributed by atoms with van der Waals surface area (Å²) in [6.45, 7) is 3.05. The van der Waals surface area contributed by atoms with E-state index in [0.29, 0.717) is 0 Å². The van der Waals surface area contributed by atoms with Gasteiger partial charge in [0.25, 0.3) is 0 Å². The second-order valence-corrected chi connectivity index (χ2v) is 5.17. The number of nitrogens with one attached hydrogen (secondary N) is 2. The molecule has 1 aliphatic carbocycles. The zero-order chi connectivity index (χ0) is 13.1. The molecule has 0 saturated heterocycles. The van der Waals surface area contributed by atoms with E-state index in [9.17, 15) is 0 Å². The minimum atomic E-state index is 0.239. The van der Waals surface area contributed by atoms with E-state index in [1.807, 2.05) is 0 Å². The second-order valence-electron chi connectivity index (χ2n) is 5.17. The summed E-state index contributed by atoms with van der Waals surface area (Å²) in [4.78, 5) is 0. The van der Waals surface area contributed by atoms with Gasteiger partial charge in [0.2, 0.25) is 0 Å². The summed E-state index contributed by atoms with van der Waals surface area (Å²) < 4.78 is 0. The van der Waals surface area contributed by atoms with Gasteiger partial charge in [-0.25, -0.2) is 0 Å². The molecule has 0 fully saturated rings. The van der Waals surface area contributed by atoms with Crippen molar-refractivity contribution in [3.63, 3.8) is 0 Å². The number of fused-ring (bicyclic) bond motifs is 1. The van der Waals surface area contributed by atoms with Crippen molar-refractivity contribution in [2.75, 3.05) is 6.54 Å². The number of aryl methyl sites for hydroxylation is 2. The van der Waals surface area contributed by atoms with Crippen molar-refractivity contribution in [2.45, 2.75) is 38.6 Å². The van der Waals surface area contributed by atoms with Crippen LogP contribution in [-0.4, -0.2) is 22.0 Å². The first kappa shape index (κ1) is 12.4. The number of aromatic nitrogens is 3. The molecule has 1 heterocycles. The van der Waals surface area contributed by atoms with Crippen LogP contribution in [0.4, 0.5) is 0 Å². The van der Waals surface area contributed by atoms with Crippen LogP contribution in [0.25, 0.3) is 0 Å². The quantitative estimate of drug-likeness (QED) is 0.862. The predicted octanol–water partition coefficient (Wildman–Crippen LogP) is 2.19. The van der Waals surface area contributed by atoms with Gasteiger partial charge in [-0.05, 0) is 48.9 Å². The van der Waals surface area contributed by atoms with Gasteiger partial charge in [-0.2, -0.15) is 15.4 Å². The summed E-state index contributed by atoms with van der Waals surface area (Å²) >= 11 is 0. The predicted molar refractivity (Wildman–Crippen MR) is 75.0 cm³/mol. The number of likely N-dealkylation sites (N-methyl/N-ethyl adjacent to an activating group) is 1. The van der Waals surface area contributed by atoms with Crippen molar-refractivity contribution in [1.29, 1.82) is 0 Å². The smallest absolute Gasteiger partial charge is 0.0997 e. The monoisotopic (exact) mass is 256 g/mol. The normalized spacial score (nSPS) is 15.4. The first-order valence-electron chi connectivity index (χ1n) is 7.06. The molecular formula is C15H20N4. The van der Waals surface area contributed by atoms with Crippen molar-refractivity contribution in [2.24, 2.45) is 0 Å². The number of aromatic amines is 1. The molecule has 1 aromatic carbocycles. The van der Waals surface area contributed by atoms with E-state index >= 15 is 0 Å². The number of H-pyrrole nitrogens is 1. The maximum atomic E-state index is 4.21. The van der Waals surface area contributed by atoms with E-state index in [0.717, 1.165) is 18.7 Å². The Balaban J connectivity index is 1.78. The van der Waals surface area contributed by atoms with Crippen LogP contribution < -0.4 is 5.32 Å². The summed E-state index contributed by atoms with van der Waals surface area (Å²) in [6, 6.07) is 7.16. The average Bonchev–Trinajstić information content (AvgIpc) is 3.09. The van der Waals surface area contributed by atoms with Crippen LogP contribution in [0.2, 0.25) is 0 Å². The van der Waals surface area contributed by atoms with Crippen LogP contribution in [0, 0.1) is 0 Å². The Bertz CT molecular complexity index is 533. The molecule has 0 amide bonds. The third kappa shape index (κ3) is 2.68. The maximum absolute atomic E-state index is 4.21. The minimum absolute atomic E-state index is 0.239. The molecule has 3 rings (SSSR count). The SMILES string of the molecule is CCNC(Cc1ccc2c(c1)CCC2)c1cn[nH]n1. The molecule has 100 valence electrons. The lowest BCUT2D eigenvalue weighted by Gasteiger charge is -2.15. The summed E-state index contributed by atoms with van der Waals surface area (Å²) in [5, 5.41) is 14.3. The van der Waals surface area contributed by atoms with Crippen molar-refractivity contribution >= 4 is 0 Å². The fraction of sp³-hybridized carbons (Fsp3) is 0.467. The number of benzene rings is 1. The third-order valence-corrected chi connectivity index (χ3v) is 3.84. The highest BCUT2D eigenvalue weighted by Crippen LogP contribution is 2.25. The third-order valence-electron chi connectivity index (χ3n) is 3.84. The molecule has 0 saturated carbocycles. The highest BCUT2D eigenvalue weighted by atomic mass is 15.3. The lowest BCUT2D eigenvalue weighted by molar-refractivity contribution is 0.535. The van der Waals surface area contributed by atoms with E-state index in [1.54, 1.807) is 6.20 Å². The Morgan fingerprint density at radius 1 is 1.32 bits per heavy atom. The molecular weight excluding hydrogens is 236 g/mol. The van der Waals surface area contributed by atoms with Gasteiger partial charge in [-0.3, -0.25) is 0 Å². The molecule has 2 N–H and O–H groups in total. The van der Waals surface area contributed by atoms with Crippen LogP contribution in [0.1, 0.15) is 41.8 Å². The lowest BCUT2D eigenvalue weighted by Crippen LogP contribution is -2.23. The molecule has 1 aliphatic rings. The summed E-state index contributed by atoms with van der Waals surface area (Å²) in [6.07, 6.45) is 6.56.